The molecule has 0 spiro atoms. The van der Waals surface area contributed by atoms with Gasteiger partial charge in [-0.15, -0.1) is 0 Å². The highest BCUT2D eigenvalue weighted by Gasteiger charge is 2.29. The molecule has 0 saturated heterocycles. The van der Waals surface area contributed by atoms with Gasteiger partial charge in [-0.1, -0.05) is 30.3 Å². The van der Waals surface area contributed by atoms with E-state index in [2.05, 4.69) is 0 Å². The number of carboxylic acid groups (broad SMARTS) is 1. The van der Waals surface area contributed by atoms with Gasteiger partial charge in [0.1, 0.15) is 0 Å². The molecule has 3 atom stereocenters. The first-order valence-corrected chi connectivity index (χ1v) is 6.86. The van der Waals surface area contributed by atoms with Gasteiger partial charge in [0, 0.05) is 6.61 Å². The Morgan fingerprint density at radius 1 is 1.19 bits per heavy atom. The van der Waals surface area contributed by atoms with Gasteiger partial charge >= 0.3 is 5.97 Å². The van der Waals surface area contributed by atoms with Gasteiger partial charge in [-0.3, -0.25) is 4.79 Å². The molecule has 1 aromatic carbocycles. The Morgan fingerprint density at radius 3 is 2.43 bits per heavy atom. The molecule has 0 amide bonds. The number of carboxylic acids is 1. The summed E-state index contributed by atoms with van der Waals surface area (Å²) in [5.74, 6) is -2.31. The number of benzene rings is 1. The van der Waals surface area contributed by atoms with E-state index >= 15 is 0 Å². The maximum atomic E-state index is 11.1. The van der Waals surface area contributed by atoms with Gasteiger partial charge in [-0.25, -0.2) is 0 Å². The molecule has 0 bridgehead atoms. The Morgan fingerprint density at radius 2 is 1.86 bits per heavy atom. The van der Waals surface area contributed by atoms with Crippen molar-refractivity contribution in [2.75, 3.05) is 13.2 Å². The standard InChI is InChI=1S/C15H22O6/c16-7-6-12(17)8-13(15(19)20)14(18)10-21-9-11-4-2-1-3-5-11/h1-5,12-14,16-18H,6-10H2,(H,19,20). The largest absolute Gasteiger partial charge is 0.481 e. The molecular formula is C15H22O6. The molecule has 0 radical (unpaired) electrons. The Kier molecular flexibility index (Phi) is 7.92. The fraction of sp³-hybridized carbons (Fsp3) is 0.533. The van der Waals surface area contributed by atoms with Crippen molar-refractivity contribution in [3.63, 3.8) is 0 Å². The van der Waals surface area contributed by atoms with E-state index in [1.807, 2.05) is 30.3 Å². The molecule has 0 heterocycles. The first-order valence-electron chi connectivity index (χ1n) is 6.86. The summed E-state index contributed by atoms with van der Waals surface area (Å²) in [4.78, 5) is 11.1. The monoisotopic (exact) mass is 298 g/mol. The zero-order chi connectivity index (χ0) is 15.7. The van der Waals surface area contributed by atoms with Gasteiger partial charge in [0.2, 0.25) is 0 Å². The zero-order valence-electron chi connectivity index (χ0n) is 11.8. The number of carbonyl (C=O) groups is 1. The smallest absolute Gasteiger partial charge is 0.309 e. The fourth-order valence-corrected chi connectivity index (χ4v) is 1.97. The first kappa shape index (κ1) is 17.6. The van der Waals surface area contributed by atoms with E-state index in [4.69, 9.17) is 14.9 Å². The van der Waals surface area contributed by atoms with Crippen LogP contribution < -0.4 is 0 Å². The van der Waals surface area contributed by atoms with Crippen LogP contribution in [0.5, 0.6) is 0 Å². The number of rotatable bonds is 10. The summed E-state index contributed by atoms with van der Waals surface area (Å²) < 4.78 is 5.31. The van der Waals surface area contributed by atoms with Crippen molar-refractivity contribution in [1.82, 2.24) is 0 Å². The molecular weight excluding hydrogens is 276 g/mol. The van der Waals surface area contributed by atoms with Crippen LogP contribution in [0.15, 0.2) is 30.3 Å². The van der Waals surface area contributed by atoms with Crippen molar-refractivity contribution in [2.24, 2.45) is 5.92 Å². The van der Waals surface area contributed by atoms with E-state index in [9.17, 15) is 15.0 Å². The SMILES string of the molecule is O=C(O)C(CC(O)CCO)C(O)COCc1ccccc1. The molecule has 0 aromatic heterocycles. The van der Waals surface area contributed by atoms with Crippen LogP contribution in [-0.4, -0.2) is 51.8 Å². The van der Waals surface area contributed by atoms with Gasteiger partial charge in [0.25, 0.3) is 0 Å². The lowest BCUT2D eigenvalue weighted by molar-refractivity contribution is -0.149. The lowest BCUT2D eigenvalue weighted by Gasteiger charge is -2.21. The van der Waals surface area contributed by atoms with E-state index in [1.165, 1.54) is 0 Å². The number of aliphatic carboxylic acids is 1. The summed E-state index contributed by atoms with van der Waals surface area (Å²) in [6.07, 6.45) is -2.20. The van der Waals surface area contributed by atoms with Crippen LogP contribution in [0.3, 0.4) is 0 Å². The predicted octanol–water partition coefficient (Wildman–Crippen LogP) is 0.398. The van der Waals surface area contributed by atoms with Crippen molar-refractivity contribution in [3.8, 4) is 0 Å². The molecule has 6 nitrogen and oxygen atoms in total. The molecule has 118 valence electrons. The summed E-state index contributed by atoms with van der Waals surface area (Å²) in [6, 6.07) is 9.33. The Bertz CT molecular complexity index is 408. The quantitative estimate of drug-likeness (QED) is 0.498. The van der Waals surface area contributed by atoms with Crippen molar-refractivity contribution < 1.29 is 30.0 Å². The summed E-state index contributed by atoms with van der Waals surface area (Å²) in [5, 5.41) is 37.2. The molecule has 21 heavy (non-hydrogen) atoms. The molecule has 0 aliphatic rings. The molecule has 3 unspecified atom stereocenters. The summed E-state index contributed by atoms with van der Waals surface area (Å²) in [7, 11) is 0. The average molecular weight is 298 g/mol. The number of hydrogen-bond donors (Lipinski definition) is 4. The van der Waals surface area contributed by atoms with E-state index < -0.39 is 24.1 Å². The lowest BCUT2D eigenvalue weighted by atomic mass is 9.94. The van der Waals surface area contributed by atoms with E-state index in [0.717, 1.165) is 5.56 Å². The second-order valence-corrected chi connectivity index (χ2v) is 4.91. The average Bonchev–Trinajstić information content (AvgIpc) is 2.45. The molecule has 6 heteroatoms. The Hall–Kier alpha value is -1.47. The first-order chi connectivity index (χ1) is 10.0. The second kappa shape index (κ2) is 9.46. The van der Waals surface area contributed by atoms with Crippen LogP contribution in [0.4, 0.5) is 0 Å². The minimum absolute atomic E-state index is 0.0847. The third-order valence-corrected chi connectivity index (χ3v) is 3.17. The molecule has 1 rings (SSSR count). The zero-order valence-corrected chi connectivity index (χ0v) is 11.8. The van der Waals surface area contributed by atoms with E-state index in [1.54, 1.807) is 0 Å². The van der Waals surface area contributed by atoms with Crippen molar-refractivity contribution in [1.29, 1.82) is 0 Å². The Balaban J connectivity index is 2.42. The van der Waals surface area contributed by atoms with Crippen molar-refractivity contribution >= 4 is 5.97 Å². The molecule has 4 N–H and O–H groups in total. The molecule has 0 aliphatic heterocycles. The summed E-state index contributed by atoms with van der Waals surface area (Å²) in [5.41, 5.74) is 0.928. The minimum atomic E-state index is -1.21. The van der Waals surface area contributed by atoms with Crippen LogP contribution in [0.25, 0.3) is 0 Å². The molecule has 0 saturated carbocycles. The second-order valence-electron chi connectivity index (χ2n) is 4.91. The van der Waals surface area contributed by atoms with Crippen LogP contribution in [0.2, 0.25) is 0 Å². The van der Waals surface area contributed by atoms with Gasteiger partial charge < -0.3 is 25.2 Å². The van der Waals surface area contributed by atoms with Crippen LogP contribution >= 0.6 is 0 Å². The van der Waals surface area contributed by atoms with Crippen LogP contribution in [0.1, 0.15) is 18.4 Å². The Labute approximate surface area is 123 Å². The third kappa shape index (κ3) is 6.68. The normalized spacial score (nSPS) is 15.4. The maximum absolute atomic E-state index is 11.1. The predicted molar refractivity (Wildman–Crippen MR) is 75.6 cm³/mol. The number of aliphatic hydroxyl groups is 3. The molecule has 1 aromatic rings. The highest BCUT2D eigenvalue weighted by molar-refractivity contribution is 5.70. The van der Waals surface area contributed by atoms with Gasteiger partial charge in [0.05, 0.1) is 31.3 Å². The lowest BCUT2D eigenvalue weighted by Crippen LogP contribution is -2.35. The van der Waals surface area contributed by atoms with Crippen molar-refractivity contribution in [2.45, 2.75) is 31.7 Å². The highest BCUT2D eigenvalue weighted by atomic mass is 16.5. The number of hydrogen-bond acceptors (Lipinski definition) is 5. The van der Waals surface area contributed by atoms with Crippen LogP contribution in [0, 0.1) is 5.92 Å². The third-order valence-electron chi connectivity index (χ3n) is 3.17. The molecule has 0 fully saturated rings. The summed E-state index contributed by atoms with van der Waals surface area (Å²) in [6.45, 7) is -0.0742. The maximum Gasteiger partial charge on any atom is 0.309 e. The number of ether oxygens (including phenoxy) is 1. The van der Waals surface area contributed by atoms with Crippen LogP contribution in [-0.2, 0) is 16.1 Å². The highest BCUT2D eigenvalue weighted by Crippen LogP contribution is 2.15. The van der Waals surface area contributed by atoms with Gasteiger partial charge in [0.15, 0.2) is 0 Å². The van der Waals surface area contributed by atoms with E-state index in [0.29, 0.717) is 0 Å². The topological polar surface area (TPSA) is 107 Å². The number of aliphatic hydroxyl groups excluding tert-OH is 3. The molecule has 0 aliphatic carbocycles. The fourth-order valence-electron chi connectivity index (χ4n) is 1.97. The van der Waals surface area contributed by atoms with Gasteiger partial charge in [-0.05, 0) is 18.4 Å². The van der Waals surface area contributed by atoms with E-state index in [-0.39, 0.29) is 32.7 Å². The van der Waals surface area contributed by atoms with Gasteiger partial charge in [-0.2, -0.15) is 0 Å². The minimum Gasteiger partial charge on any atom is -0.481 e. The summed E-state index contributed by atoms with van der Waals surface area (Å²) >= 11 is 0. The van der Waals surface area contributed by atoms with Crippen molar-refractivity contribution in [3.05, 3.63) is 35.9 Å².